The van der Waals surface area contributed by atoms with Crippen LogP contribution < -0.4 is 10.6 Å². The molecule has 4 rings (SSSR count). The average molecular weight is 432 g/mol. The highest BCUT2D eigenvalue weighted by molar-refractivity contribution is 5.76. The van der Waals surface area contributed by atoms with Crippen LogP contribution in [-0.2, 0) is 11.3 Å². The predicted molar refractivity (Wildman–Crippen MR) is 112 cm³/mol. The van der Waals surface area contributed by atoms with E-state index < -0.39 is 12.1 Å². The lowest BCUT2D eigenvalue weighted by Gasteiger charge is -2.33. The van der Waals surface area contributed by atoms with E-state index in [1.54, 1.807) is 6.20 Å². The summed E-state index contributed by atoms with van der Waals surface area (Å²) in [5, 5.41) is 8.22. The van der Waals surface area contributed by atoms with Crippen molar-refractivity contribution in [1.82, 2.24) is 9.97 Å². The van der Waals surface area contributed by atoms with Crippen LogP contribution >= 0.6 is 0 Å². The first-order chi connectivity index (χ1) is 14.8. The Morgan fingerprint density at radius 2 is 1.77 bits per heavy atom. The van der Waals surface area contributed by atoms with Gasteiger partial charge in [-0.05, 0) is 54.2 Å². The second kappa shape index (κ2) is 9.74. The van der Waals surface area contributed by atoms with E-state index in [-0.39, 0.29) is 0 Å². The first-order valence-corrected chi connectivity index (χ1v) is 9.84. The maximum Gasteiger partial charge on any atom is 0.490 e. The van der Waals surface area contributed by atoms with E-state index in [1.807, 2.05) is 6.07 Å². The van der Waals surface area contributed by atoms with Gasteiger partial charge >= 0.3 is 12.1 Å². The van der Waals surface area contributed by atoms with E-state index in [1.165, 1.54) is 11.1 Å². The van der Waals surface area contributed by atoms with Gasteiger partial charge in [0.2, 0.25) is 0 Å². The topological polar surface area (TPSA) is 92.3 Å². The van der Waals surface area contributed by atoms with Gasteiger partial charge in [0.25, 0.3) is 0 Å². The van der Waals surface area contributed by atoms with Gasteiger partial charge in [0.05, 0.1) is 0 Å². The van der Waals surface area contributed by atoms with Crippen LogP contribution in [0.25, 0.3) is 11.0 Å². The summed E-state index contributed by atoms with van der Waals surface area (Å²) in [6.07, 6.45) is -1.01. The fourth-order valence-electron chi connectivity index (χ4n) is 3.66. The molecule has 0 spiro atoms. The lowest BCUT2D eigenvalue weighted by molar-refractivity contribution is -0.192. The molecule has 1 fully saturated rings. The molecule has 164 valence electrons. The fourth-order valence-corrected chi connectivity index (χ4v) is 3.66. The van der Waals surface area contributed by atoms with Crippen LogP contribution in [0.1, 0.15) is 29.9 Å². The molecule has 3 N–H and O–H groups in total. The summed E-state index contributed by atoms with van der Waals surface area (Å²) in [4.78, 5) is 20.4. The number of carbonyl (C=O) groups is 1. The summed E-state index contributed by atoms with van der Waals surface area (Å²) in [6.45, 7) is 2.66. The number of pyridine rings is 2. The van der Waals surface area contributed by atoms with E-state index >= 15 is 0 Å². The van der Waals surface area contributed by atoms with Crippen LogP contribution in [0.3, 0.4) is 0 Å². The molecule has 0 saturated carbocycles. The van der Waals surface area contributed by atoms with Gasteiger partial charge < -0.3 is 15.7 Å². The molecule has 1 aliphatic rings. The Bertz CT molecular complexity index is 1030. The van der Waals surface area contributed by atoms with Crippen molar-refractivity contribution in [3.05, 3.63) is 65.9 Å². The van der Waals surface area contributed by atoms with Gasteiger partial charge in [-0.25, -0.2) is 14.8 Å². The Morgan fingerprint density at radius 1 is 1.10 bits per heavy atom. The minimum atomic E-state index is -5.08. The smallest absolute Gasteiger partial charge is 0.475 e. The largest absolute Gasteiger partial charge is 0.490 e. The molecule has 9 heteroatoms. The lowest BCUT2D eigenvalue weighted by Crippen LogP contribution is -2.33. The van der Waals surface area contributed by atoms with Crippen molar-refractivity contribution in [3.63, 3.8) is 0 Å². The number of benzene rings is 1. The Hall–Kier alpha value is -3.20. The molecule has 0 atom stereocenters. The highest BCUT2D eigenvalue weighted by Crippen LogP contribution is 2.32. The van der Waals surface area contributed by atoms with E-state index in [4.69, 9.17) is 20.6 Å². The third-order valence-electron chi connectivity index (χ3n) is 5.23. The maximum atomic E-state index is 10.6. The van der Waals surface area contributed by atoms with Crippen molar-refractivity contribution >= 4 is 22.8 Å². The van der Waals surface area contributed by atoms with Crippen molar-refractivity contribution in [3.8, 4) is 0 Å². The number of aliphatic carboxylic acids is 1. The molecule has 3 heterocycles. The van der Waals surface area contributed by atoms with E-state index in [0.717, 1.165) is 42.8 Å². The number of halogens is 3. The quantitative estimate of drug-likeness (QED) is 0.647. The number of alkyl halides is 3. The van der Waals surface area contributed by atoms with Gasteiger partial charge in [-0.1, -0.05) is 24.3 Å². The molecule has 1 aliphatic heterocycles. The molecular weight excluding hydrogens is 409 g/mol. The van der Waals surface area contributed by atoms with Crippen molar-refractivity contribution in [2.24, 2.45) is 5.73 Å². The lowest BCUT2D eigenvalue weighted by atomic mass is 9.86. The van der Waals surface area contributed by atoms with E-state index in [9.17, 15) is 13.2 Å². The van der Waals surface area contributed by atoms with Crippen molar-refractivity contribution in [2.75, 3.05) is 18.0 Å². The van der Waals surface area contributed by atoms with Gasteiger partial charge in [-0.15, -0.1) is 0 Å². The molecule has 6 nitrogen and oxygen atoms in total. The highest BCUT2D eigenvalue weighted by Gasteiger charge is 2.38. The molecular formula is C22H23F3N4O2. The molecule has 31 heavy (non-hydrogen) atoms. The zero-order valence-electron chi connectivity index (χ0n) is 16.7. The summed E-state index contributed by atoms with van der Waals surface area (Å²) in [7, 11) is 0. The summed E-state index contributed by atoms with van der Waals surface area (Å²) in [5.74, 6) is -1.13. The van der Waals surface area contributed by atoms with Crippen LogP contribution in [0.4, 0.5) is 19.0 Å². The molecule has 0 aliphatic carbocycles. The van der Waals surface area contributed by atoms with Crippen LogP contribution in [0.15, 0.2) is 54.7 Å². The predicted octanol–water partition coefficient (Wildman–Crippen LogP) is 4.11. The standard InChI is InChI=1S/C20H22N4.C2HF3O2/c21-14-17-4-1-2-6-18(17)15-9-12-24(13-10-15)19-8-7-16-5-3-11-22-20(16)23-19;3-2(4,5)1(6)7/h1-8,11,15H,9-10,12-14,21H2;(H,6,7). The number of fused-ring (bicyclic) bond motifs is 1. The number of piperidine rings is 1. The molecule has 3 aromatic rings. The maximum absolute atomic E-state index is 10.6. The van der Waals surface area contributed by atoms with Crippen LogP contribution in [0.5, 0.6) is 0 Å². The number of hydrogen-bond acceptors (Lipinski definition) is 5. The zero-order valence-corrected chi connectivity index (χ0v) is 16.7. The fraction of sp³-hybridized carbons (Fsp3) is 0.318. The molecule has 0 radical (unpaired) electrons. The molecule has 2 aromatic heterocycles. The number of carboxylic acids is 1. The monoisotopic (exact) mass is 432 g/mol. The summed E-state index contributed by atoms with van der Waals surface area (Å²) >= 11 is 0. The normalized spacial score (nSPS) is 14.8. The number of nitrogens with zero attached hydrogens (tertiary/aromatic N) is 3. The van der Waals surface area contributed by atoms with E-state index in [0.29, 0.717) is 12.5 Å². The summed E-state index contributed by atoms with van der Waals surface area (Å²) in [5.41, 5.74) is 9.43. The first kappa shape index (κ1) is 22.5. The first-order valence-electron chi connectivity index (χ1n) is 9.84. The molecule has 1 aromatic carbocycles. The number of anilines is 1. The van der Waals surface area contributed by atoms with Gasteiger partial charge in [-0.2, -0.15) is 13.2 Å². The Balaban J connectivity index is 0.000000339. The summed E-state index contributed by atoms with van der Waals surface area (Å²) in [6, 6.07) is 16.8. The number of rotatable bonds is 3. The Kier molecular flexibility index (Phi) is 7.06. The molecule has 0 amide bonds. The third kappa shape index (κ3) is 5.69. The van der Waals surface area contributed by atoms with Crippen molar-refractivity contribution < 1.29 is 23.1 Å². The van der Waals surface area contributed by atoms with Crippen LogP contribution in [0, 0.1) is 0 Å². The number of carboxylic acid groups (broad SMARTS) is 1. The van der Waals surface area contributed by atoms with Gasteiger partial charge in [0, 0.05) is 31.2 Å². The van der Waals surface area contributed by atoms with Crippen LogP contribution in [-0.4, -0.2) is 40.3 Å². The minimum absolute atomic E-state index is 0.597. The average Bonchev–Trinajstić information content (AvgIpc) is 2.78. The molecule has 0 unspecified atom stereocenters. The number of nitrogens with two attached hydrogens (primary N) is 1. The van der Waals surface area contributed by atoms with E-state index in [2.05, 4.69) is 52.3 Å². The Morgan fingerprint density at radius 3 is 2.42 bits per heavy atom. The second-order valence-electron chi connectivity index (χ2n) is 7.19. The number of aromatic nitrogens is 2. The van der Waals surface area contributed by atoms with Gasteiger partial charge in [-0.3, -0.25) is 0 Å². The molecule has 1 saturated heterocycles. The van der Waals surface area contributed by atoms with Gasteiger partial charge in [0.1, 0.15) is 5.82 Å². The van der Waals surface area contributed by atoms with Crippen LogP contribution in [0.2, 0.25) is 0 Å². The minimum Gasteiger partial charge on any atom is -0.475 e. The van der Waals surface area contributed by atoms with Crippen molar-refractivity contribution in [1.29, 1.82) is 0 Å². The van der Waals surface area contributed by atoms with Crippen molar-refractivity contribution in [2.45, 2.75) is 31.5 Å². The SMILES string of the molecule is NCc1ccccc1C1CCN(c2ccc3cccnc3n2)CC1.O=C(O)C(F)(F)F. The van der Waals surface area contributed by atoms with Gasteiger partial charge in [0.15, 0.2) is 5.65 Å². The third-order valence-corrected chi connectivity index (χ3v) is 5.23. The number of hydrogen-bond donors (Lipinski definition) is 2. The molecule has 0 bridgehead atoms. The summed E-state index contributed by atoms with van der Waals surface area (Å²) < 4.78 is 31.7. The zero-order chi connectivity index (χ0) is 22.4. The second-order valence-corrected chi connectivity index (χ2v) is 7.19. The Labute approximate surface area is 177 Å². The highest BCUT2D eigenvalue weighted by atomic mass is 19.4.